The highest BCUT2D eigenvalue weighted by atomic mass is 35.5. The molecule has 0 N–H and O–H groups in total. The summed E-state index contributed by atoms with van der Waals surface area (Å²) in [5.41, 5.74) is 4.58. The third-order valence-corrected chi connectivity index (χ3v) is 7.91. The fraction of sp³-hybridized carbons (Fsp3) is 0.600. The standard InChI is InChI=1S/C30H45Cl/c1-27(2,3)20-25(23-14-12-11-13-15-23)29(7,8)30(9,10)26(28(4,5)6)24-18-16-22(21-31)17-19-24/h11-19,25-26H,20-21H2,1-10H3. The molecule has 0 saturated carbocycles. The molecule has 0 aliphatic rings. The minimum atomic E-state index is 0.0550. The van der Waals surface area contributed by atoms with Crippen LogP contribution in [0.15, 0.2) is 54.6 Å². The Hall–Kier alpha value is -1.27. The second kappa shape index (κ2) is 9.30. The fourth-order valence-corrected chi connectivity index (χ4v) is 5.89. The smallest absolute Gasteiger partial charge is 0.0474 e. The van der Waals surface area contributed by atoms with E-state index in [4.69, 9.17) is 11.6 Å². The van der Waals surface area contributed by atoms with E-state index < -0.39 is 0 Å². The second-order valence-corrected chi connectivity index (χ2v) is 13.1. The predicted octanol–water partition coefficient (Wildman–Crippen LogP) is 9.83. The zero-order valence-corrected chi connectivity index (χ0v) is 22.4. The van der Waals surface area contributed by atoms with Crippen LogP contribution in [-0.4, -0.2) is 0 Å². The summed E-state index contributed by atoms with van der Waals surface area (Å²) >= 11 is 6.08. The lowest BCUT2D eigenvalue weighted by Gasteiger charge is -2.56. The molecule has 0 nitrogen and oxygen atoms in total. The molecule has 0 fully saturated rings. The second-order valence-electron chi connectivity index (χ2n) is 12.8. The molecule has 2 rings (SSSR count). The first-order valence-corrected chi connectivity index (χ1v) is 12.3. The molecule has 0 heterocycles. The molecule has 0 spiro atoms. The molecule has 2 aromatic carbocycles. The molecule has 0 aliphatic heterocycles. The van der Waals surface area contributed by atoms with Crippen LogP contribution >= 0.6 is 11.6 Å². The lowest BCUT2D eigenvalue weighted by Crippen LogP contribution is -2.46. The molecule has 0 radical (unpaired) electrons. The van der Waals surface area contributed by atoms with E-state index in [2.05, 4.69) is 124 Å². The van der Waals surface area contributed by atoms with Gasteiger partial charge in [0, 0.05) is 5.88 Å². The number of hydrogen-bond acceptors (Lipinski definition) is 0. The quantitative estimate of drug-likeness (QED) is 0.375. The zero-order chi connectivity index (χ0) is 23.7. The highest BCUT2D eigenvalue weighted by Gasteiger charge is 2.52. The van der Waals surface area contributed by atoms with Crippen molar-refractivity contribution in [2.24, 2.45) is 21.7 Å². The summed E-state index contributed by atoms with van der Waals surface area (Å²) in [6.07, 6.45) is 1.16. The van der Waals surface area contributed by atoms with Gasteiger partial charge in [-0.25, -0.2) is 0 Å². The number of rotatable bonds is 7. The topological polar surface area (TPSA) is 0 Å². The van der Waals surface area contributed by atoms with E-state index in [1.54, 1.807) is 0 Å². The van der Waals surface area contributed by atoms with Crippen molar-refractivity contribution in [3.05, 3.63) is 71.3 Å². The van der Waals surface area contributed by atoms with Gasteiger partial charge in [0.05, 0.1) is 0 Å². The van der Waals surface area contributed by atoms with E-state index in [0.717, 1.165) is 6.42 Å². The monoisotopic (exact) mass is 440 g/mol. The van der Waals surface area contributed by atoms with Gasteiger partial charge in [0.25, 0.3) is 0 Å². The van der Waals surface area contributed by atoms with Gasteiger partial charge in [-0.1, -0.05) is 124 Å². The van der Waals surface area contributed by atoms with Gasteiger partial charge in [-0.05, 0) is 56.6 Å². The highest BCUT2D eigenvalue weighted by Crippen LogP contribution is 2.61. The lowest BCUT2D eigenvalue weighted by atomic mass is 9.48. The maximum Gasteiger partial charge on any atom is 0.0474 e. The van der Waals surface area contributed by atoms with Crippen LogP contribution in [-0.2, 0) is 5.88 Å². The van der Waals surface area contributed by atoms with Gasteiger partial charge in [-0.2, -0.15) is 0 Å². The summed E-state index contributed by atoms with van der Waals surface area (Å²) in [6, 6.07) is 20.2. The highest BCUT2D eigenvalue weighted by molar-refractivity contribution is 6.17. The van der Waals surface area contributed by atoms with E-state index in [1.807, 2.05) is 0 Å². The van der Waals surface area contributed by atoms with Crippen molar-refractivity contribution in [2.45, 2.75) is 93.4 Å². The molecule has 0 bridgehead atoms. The Morgan fingerprint density at radius 2 is 1.16 bits per heavy atom. The molecule has 2 atom stereocenters. The summed E-state index contributed by atoms with van der Waals surface area (Å²) in [6.45, 7) is 24.3. The van der Waals surface area contributed by atoms with Crippen LogP contribution in [0.2, 0.25) is 0 Å². The van der Waals surface area contributed by atoms with Crippen molar-refractivity contribution in [2.75, 3.05) is 0 Å². The van der Waals surface area contributed by atoms with Gasteiger partial charge in [0.15, 0.2) is 0 Å². The molecule has 1 heteroatoms. The fourth-order valence-electron chi connectivity index (χ4n) is 5.71. The first-order chi connectivity index (χ1) is 14.1. The molecule has 2 unspecified atom stereocenters. The van der Waals surface area contributed by atoms with Crippen molar-refractivity contribution in [1.82, 2.24) is 0 Å². The average molecular weight is 441 g/mol. The van der Waals surface area contributed by atoms with Crippen LogP contribution in [0.1, 0.15) is 104 Å². The Bertz CT molecular complexity index is 813. The van der Waals surface area contributed by atoms with E-state index in [-0.39, 0.29) is 21.7 Å². The predicted molar refractivity (Wildman–Crippen MR) is 139 cm³/mol. The summed E-state index contributed by atoms with van der Waals surface area (Å²) in [7, 11) is 0. The maximum absolute atomic E-state index is 6.08. The van der Waals surface area contributed by atoms with Gasteiger partial charge in [0.2, 0.25) is 0 Å². The SMILES string of the molecule is CC(C)(C)CC(c1ccccc1)C(C)(C)C(C)(C)C(c1ccc(CCl)cc1)C(C)(C)C. The number of benzene rings is 2. The van der Waals surface area contributed by atoms with Crippen molar-refractivity contribution in [3.8, 4) is 0 Å². The van der Waals surface area contributed by atoms with Gasteiger partial charge >= 0.3 is 0 Å². The van der Waals surface area contributed by atoms with Crippen LogP contribution in [0.5, 0.6) is 0 Å². The van der Waals surface area contributed by atoms with Crippen LogP contribution < -0.4 is 0 Å². The van der Waals surface area contributed by atoms with Crippen LogP contribution in [0.4, 0.5) is 0 Å². The first-order valence-electron chi connectivity index (χ1n) is 11.8. The summed E-state index contributed by atoms with van der Waals surface area (Å²) in [5, 5.41) is 0. The Labute approximate surface area is 197 Å². The first kappa shape index (κ1) is 26.0. The molecule has 2 aromatic rings. The number of hydrogen-bond donors (Lipinski definition) is 0. The molecule has 0 aromatic heterocycles. The number of halogens is 1. The van der Waals surface area contributed by atoms with Crippen molar-refractivity contribution >= 4 is 11.6 Å². The minimum absolute atomic E-state index is 0.0550. The molecular weight excluding hydrogens is 396 g/mol. The Kier molecular flexibility index (Phi) is 7.80. The summed E-state index contributed by atoms with van der Waals surface area (Å²) < 4.78 is 0. The largest absolute Gasteiger partial charge is 0.122 e. The van der Waals surface area contributed by atoms with E-state index in [9.17, 15) is 0 Å². The summed E-state index contributed by atoms with van der Waals surface area (Å²) in [4.78, 5) is 0. The lowest BCUT2D eigenvalue weighted by molar-refractivity contribution is -0.00423. The van der Waals surface area contributed by atoms with Gasteiger partial charge in [-0.15, -0.1) is 11.6 Å². The minimum Gasteiger partial charge on any atom is -0.122 e. The Morgan fingerprint density at radius 3 is 1.58 bits per heavy atom. The normalized spacial score (nSPS) is 15.6. The van der Waals surface area contributed by atoms with Crippen molar-refractivity contribution in [1.29, 1.82) is 0 Å². The average Bonchev–Trinajstić information content (AvgIpc) is 2.65. The van der Waals surface area contributed by atoms with Gasteiger partial charge < -0.3 is 0 Å². The van der Waals surface area contributed by atoms with E-state index in [1.165, 1.54) is 16.7 Å². The maximum atomic E-state index is 6.08. The molecule has 0 amide bonds. The van der Waals surface area contributed by atoms with E-state index in [0.29, 0.717) is 17.7 Å². The zero-order valence-electron chi connectivity index (χ0n) is 21.6. The van der Waals surface area contributed by atoms with Gasteiger partial charge in [0.1, 0.15) is 0 Å². The number of alkyl halides is 1. The Morgan fingerprint density at radius 1 is 0.645 bits per heavy atom. The van der Waals surface area contributed by atoms with Crippen LogP contribution in [0.3, 0.4) is 0 Å². The molecule has 31 heavy (non-hydrogen) atoms. The summed E-state index contributed by atoms with van der Waals surface area (Å²) in [5.74, 6) is 1.44. The molecule has 0 aliphatic carbocycles. The molecule has 172 valence electrons. The van der Waals surface area contributed by atoms with Crippen LogP contribution in [0.25, 0.3) is 0 Å². The van der Waals surface area contributed by atoms with Crippen molar-refractivity contribution in [3.63, 3.8) is 0 Å². The third kappa shape index (κ3) is 5.95. The third-order valence-electron chi connectivity index (χ3n) is 7.61. The van der Waals surface area contributed by atoms with E-state index >= 15 is 0 Å². The molecule has 0 saturated heterocycles. The molecular formula is C30H45Cl. The van der Waals surface area contributed by atoms with Crippen molar-refractivity contribution < 1.29 is 0 Å². The van der Waals surface area contributed by atoms with Crippen LogP contribution in [0, 0.1) is 21.7 Å². The Balaban J connectivity index is 2.63. The van der Waals surface area contributed by atoms with Gasteiger partial charge in [-0.3, -0.25) is 0 Å².